The number of hydrogen-bond donors (Lipinski definition) is 0. The quantitative estimate of drug-likeness (QED) is 0.163. The van der Waals surface area contributed by atoms with Crippen molar-refractivity contribution in [1.82, 2.24) is 19.1 Å². The summed E-state index contributed by atoms with van der Waals surface area (Å²) in [4.78, 5) is 11.6. The van der Waals surface area contributed by atoms with E-state index in [-0.39, 0.29) is 0 Å². The van der Waals surface area contributed by atoms with Crippen molar-refractivity contribution in [1.29, 1.82) is 0 Å². The normalized spacial score (nSPS) is 13.1. The van der Waals surface area contributed by atoms with E-state index in [2.05, 4.69) is 215 Å². The Morgan fingerprint density at radius 2 is 0.895 bits per heavy atom. The maximum absolute atomic E-state index is 5.94. The van der Waals surface area contributed by atoms with Crippen LogP contribution in [0.2, 0.25) is 0 Å². The van der Waals surface area contributed by atoms with E-state index in [1.54, 1.807) is 0 Å². The van der Waals surface area contributed by atoms with E-state index in [1.165, 1.54) is 50.3 Å². The molecule has 0 N–H and O–H groups in total. The summed E-state index contributed by atoms with van der Waals surface area (Å²) >= 11 is -3.75. The van der Waals surface area contributed by atoms with Crippen molar-refractivity contribution >= 4 is 74.6 Å². The number of benzene rings is 8. The maximum atomic E-state index is 5.94. The first-order chi connectivity index (χ1) is 28.3. The second-order valence-corrected chi connectivity index (χ2v) is 22.6. The average molecular weight is 787 g/mol. The summed E-state index contributed by atoms with van der Waals surface area (Å²) in [7, 11) is 0. The van der Waals surface area contributed by atoms with Crippen LogP contribution in [0.1, 0.15) is 0 Å². The topological polar surface area (TPSA) is 35.6 Å². The zero-order valence-corrected chi connectivity index (χ0v) is 33.0. The number of para-hydroxylation sites is 3. The van der Waals surface area contributed by atoms with Gasteiger partial charge in [-0.2, -0.15) is 0 Å². The van der Waals surface area contributed by atoms with Gasteiger partial charge in [-0.1, -0.05) is 0 Å². The van der Waals surface area contributed by atoms with Gasteiger partial charge in [0.25, 0.3) is 0 Å². The summed E-state index contributed by atoms with van der Waals surface area (Å²) in [5, 5.41) is 4.82. The molecule has 11 aromatic rings. The van der Waals surface area contributed by atoms with Gasteiger partial charge in [-0.15, -0.1) is 0 Å². The number of aromatic nitrogens is 4. The van der Waals surface area contributed by atoms with Gasteiger partial charge in [0.1, 0.15) is 0 Å². The van der Waals surface area contributed by atoms with E-state index in [9.17, 15) is 0 Å². The molecule has 0 fully saturated rings. The van der Waals surface area contributed by atoms with Crippen LogP contribution in [-0.4, -0.2) is 32.4 Å². The van der Waals surface area contributed by atoms with Crippen molar-refractivity contribution in [3.63, 3.8) is 0 Å². The Morgan fingerprint density at radius 1 is 0.386 bits per heavy atom. The minimum atomic E-state index is -3.75. The summed E-state index contributed by atoms with van der Waals surface area (Å²) < 4.78 is 10.0. The van der Waals surface area contributed by atoms with Crippen LogP contribution in [0.3, 0.4) is 0 Å². The van der Waals surface area contributed by atoms with Crippen LogP contribution in [0.15, 0.2) is 206 Å². The molecule has 8 aromatic carbocycles. The molecule has 4 nitrogen and oxygen atoms in total. The Hall–Kier alpha value is -7.02. The predicted octanol–water partition coefficient (Wildman–Crippen LogP) is 9.70. The molecule has 0 saturated carbocycles. The van der Waals surface area contributed by atoms with Crippen LogP contribution in [0.5, 0.6) is 0 Å². The number of hydrogen-bond acceptors (Lipinski definition) is 2. The summed E-state index contributed by atoms with van der Waals surface area (Å²) in [5.74, 6) is 0.690. The molecule has 12 rings (SSSR count). The van der Waals surface area contributed by atoms with Crippen molar-refractivity contribution in [2.75, 3.05) is 0 Å². The van der Waals surface area contributed by atoms with Crippen LogP contribution in [0, 0.1) is 0 Å². The van der Waals surface area contributed by atoms with E-state index in [0.29, 0.717) is 5.95 Å². The van der Waals surface area contributed by atoms with Crippen LogP contribution in [0.4, 0.5) is 0 Å². The molecule has 1 aliphatic heterocycles. The molecule has 0 spiro atoms. The fourth-order valence-corrected chi connectivity index (χ4v) is 20.1. The molecule has 0 unspecified atom stereocenters. The molecule has 1 aliphatic rings. The fraction of sp³-hybridized carbons (Fsp3) is 0. The van der Waals surface area contributed by atoms with E-state index in [1.807, 2.05) is 0 Å². The van der Waals surface area contributed by atoms with Crippen LogP contribution in [-0.2, 0) is 0 Å². The SMILES string of the molecule is c1ccc(-c2nc(-n3c4ccccc4c4cc5c6ccccc6n(-c6ccccc6)c5cc43)n[c]3c2-c2cccc[c]2[Ge]3([c]2ccccc2)[c]2ccccc2)cc1. The Balaban J connectivity index is 1.26. The van der Waals surface area contributed by atoms with Crippen molar-refractivity contribution in [2.45, 2.75) is 0 Å². The molecule has 0 radical (unpaired) electrons. The number of rotatable bonds is 5. The first kappa shape index (κ1) is 32.2. The molecule has 57 heavy (non-hydrogen) atoms. The molecule has 0 aliphatic carbocycles. The van der Waals surface area contributed by atoms with Gasteiger partial charge in [0.05, 0.1) is 0 Å². The monoisotopic (exact) mass is 788 g/mol. The summed E-state index contributed by atoms with van der Waals surface area (Å²) in [6.07, 6.45) is 0. The van der Waals surface area contributed by atoms with Gasteiger partial charge in [-0.3, -0.25) is 0 Å². The predicted molar refractivity (Wildman–Crippen MR) is 239 cm³/mol. The minimum absolute atomic E-state index is 0.690. The van der Waals surface area contributed by atoms with Gasteiger partial charge in [0.15, 0.2) is 0 Å². The molecule has 0 atom stereocenters. The van der Waals surface area contributed by atoms with Crippen molar-refractivity contribution < 1.29 is 0 Å². The van der Waals surface area contributed by atoms with Gasteiger partial charge >= 0.3 is 334 Å². The summed E-state index contributed by atoms with van der Waals surface area (Å²) in [6, 6.07) is 75.0. The van der Waals surface area contributed by atoms with Crippen LogP contribution < -0.4 is 17.7 Å². The van der Waals surface area contributed by atoms with E-state index >= 15 is 0 Å². The third kappa shape index (κ3) is 4.56. The Bertz CT molecular complexity index is 3290. The van der Waals surface area contributed by atoms with Gasteiger partial charge in [-0.05, 0) is 0 Å². The molecular weight excluding hydrogens is 753 g/mol. The van der Waals surface area contributed by atoms with Crippen LogP contribution in [0.25, 0.3) is 77.6 Å². The van der Waals surface area contributed by atoms with E-state index in [4.69, 9.17) is 9.97 Å². The molecule has 3 aromatic heterocycles. The fourth-order valence-electron chi connectivity index (χ4n) is 9.67. The van der Waals surface area contributed by atoms with E-state index in [0.717, 1.165) is 39.1 Å². The number of fused-ring (bicyclic) bond motifs is 9. The third-order valence-electron chi connectivity index (χ3n) is 12.0. The third-order valence-corrected chi connectivity index (χ3v) is 21.9. The zero-order chi connectivity index (χ0) is 37.5. The summed E-state index contributed by atoms with van der Waals surface area (Å²) in [5.41, 5.74) is 10.1. The number of nitrogens with zero attached hydrogens (tertiary/aromatic N) is 4. The van der Waals surface area contributed by atoms with Gasteiger partial charge in [-0.25, -0.2) is 0 Å². The average Bonchev–Trinajstić information content (AvgIpc) is 3.90. The Morgan fingerprint density at radius 3 is 1.54 bits per heavy atom. The molecule has 5 heteroatoms. The first-order valence-corrected chi connectivity index (χ1v) is 23.7. The van der Waals surface area contributed by atoms with E-state index < -0.39 is 13.3 Å². The van der Waals surface area contributed by atoms with Gasteiger partial charge in [0, 0.05) is 0 Å². The van der Waals surface area contributed by atoms with Crippen molar-refractivity contribution in [2.24, 2.45) is 0 Å². The standard InChI is InChI=1S/C52H34GeN4/c1-5-19-35(20-6-1)50-49-41-29-13-16-30-44(41)53(36-21-7-2-8-22-36,37-23-9-3-10-24-37)51(49)55-52(54-50)57-46-32-18-15-28-40(46)43-33-42-39-27-14-17-31-45(39)56(47(42)34-48(43)57)38-25-11-4-12-26-38/h1-34H. The Kier molecular flexibility index (Phi) is 7.07. The molecule has 4 heterocycles. The molecule has 266 valence electrons. The first-order valence-electron chi connectivity index (χ1n) is 19.5. The van der Waals surface area contributed by atoms with Crippen molar-refractivity contribution in [3.05, 3.63) is 206 Å². The molecular formula is C52H34GeN4. The molecule has 0 bridgehead atoms. The zero-order valence-electron chi connectivity index (χ0n) is 30.9. The second-order valence-electron chi connectivity index (χ2n) is 14.9. The summed E-state index contributed by atoms with van der Waals surface area (Å²) in [6.45, 7) is 0. The second kappa shape index (κ2) is 12.5. The van der Waals surface area contributed by atoms with Crippen molar-refractivity contribution in [3.8, 4) is 34.0 Å². The van der Waals surface area contributed by atoms with Crippen LogP contribution >= 0.6 is 0 Å². The molecule has 0 saturated heterocycles. The molecule has 0 amide bonds. The van der Waals surface area contributed by atoms with Gasteiger partial charge < -0.3 is 0 Å². The van der Waals surface area contributed by atoms with Gasteiger partial charge in [0.2, 0.25) is 0 Å². The Labute approximate surface area is 332 Å².